The molecule has 0 aliphatic carbocycles. The van der Waals surface area contributed by atoms with Crippen LogP contribution in [0.3, 0.4) is 0 Å². The van der Waals surface area contributed by atoms with E-state index in [-0.39, 0.29) is 40.4 Å². The Morgan fingerprint density at radius 3 is 2.44 bits per heavy atom. The fourth-order valence-corrected chi connectivity index (χ4v) is 5.33. The molecule has 1 aliphatic rings. The summed E-state index contributed by atoms with van der Waals surface area (Å²) < 4.78 is 18.1. The first-order chi connectivity index (χ1) is 20.6. The molecule has 238 valence electrons. The topological polar surface area (TPSA) is 180 Å². The van der Waals surface area contributed by atoms with E-state index in [2.05, 4.69) is 51.5 Å². The number of amides is 1. The van der Waals surface area contributed by atoms with Crippen LogP contribution in [0.2, 0.25) is 5.28 Å². The van der Waals surface area contributed by atoms with Crippen LogP contribution in [-0.4, -0.2) is 57.7 Å². The number of carbonyl (C=O) groups excluding carboxylic acids is 1. The van der Waals surface area contributed by atoms with E-state index in [1.807, 2.05) is 0 Å². The molecule has 3 heterocycles. The van der Waals surface area contributed by atoms with Gasteiger partial charge in [-0.3, -0.25) is 13.9 Å². The second kappa shape index (κ2) is 17.5. The Balaban J connectivity index is 1.42. The van der Waals surface area contributed by atoms with Gasteiger partial charge in [-0.05, 0) is 50.1 Å². The highest BCUT2D eigenvalue weighted by Crippen LogP contribution is 2.40. The number of unbranched alkanes of at least 4 members (excludes halogenated alkanes) is 8. The number of ether oxygens (including phenoxy) is 1. The number of aromatic nitrogens is 4. The SMILES string of the molecule is CCCCC/C=C\C/C=C\CCCCCCCC(=O)Nc1nc(Cl)nc2c1ncn2[C@@H]1OC(CCP(=O)(O)O)=C(O)C1O. The molecule has 0 bridgehead atoms. The van der Waals surface area contributed by atoms with E-state index in [4.69, 9.17) is 26.1 Å². The van der Waals surface area contributed by atoms with Crippen molar-refractivity contribution in [1.82, 2.24) is 19.5 Å². The number of rotatable bonds is 19. The molecular weight excluding hydrogens is 597 g/mol. The van der Waals surface area contributed by atoms with E-state index in [9.17, 15) is 19.6 Å². The smallest absolute Gasteiger partial charge is 0.326 e. The molecule has 3 rings (SSSR count). The maximum absolute atomic E-state index is 12.6. The molecular formula is C29H43ClN5O7P. The fraction of sp³-hybridized carbons (Fsp3) is 0.586. The molecule has 0 fully saturated rings. The minimum Gasteiger partial charge on any atom is -0.506 e. The Hall–Kier alpha value is -2.76. The van der Waals surface area contributed by atoms with Crippen LogP contribution < -0.4 is 5.32 Å². The predicted octanol–water partition coefficient (Wildman–Crippen LogP) is 6.46. The van der Waals surface area contributed by atoms with Crippen LogP contribution in [0.5, 0.6) is 0 Å². The largest absolute Gasteiger partial charge is 0.506 e. The molecule has 2 atom stereocenters. The fourth-order valence-electron chi connectivity index (χ4n) is 4.67. The first kappa shape index (κ1) is 34.7. The van der Waals surface area contributed by atoms with Crippen molar-refractivity contribution in [1.29, 1.82) is 0 Å². The lowest BCUT2D eigenvalue weighted by atomic mass is 10.1. The summed E-state index contributed by atoms with van der Waals surface area (Å²) >= 11 is 6.11. The average molecular weight is 640 g/mol. The number of aliphatic hydroxyl groups excluding tert-OH is 2. The molecule has 14 heteroatoms. The van der Waals surface area contributed by atoms with Gasteiger partial charge in [0.15, 0.2) is 28.8 Å². The van der Waals surface area contributed by atoms with Gasteiger partial charge in [-0.1, -0.05) is 63.3 Å². The number of imidazole rings is 1. The summed E-state index contributed by atoms with van der Waals surface area (Å²) in [5, 5.41) is 23.3. The predicted molar refractivity (Wildman–Crippen MR) is 166 cm³/mol. The normalized spacial score (nSPS) is 17.5. The van der Waals surface area contributed by atoms with Gasteiger partial charge in [0.2, 0.25) is 17.4 Å². The van der Waals surface area contributed by atoms with Crippen molar-refractivity contribution < 1.29 is 34.1 Å². The molecule has 12 nitrogen and oxygen atoms in total. The van der Waals surface area contributed by atoms with Gasteiger partial charge in [-0.2, -0.15) is 9.97 Å². The Labute approximate surface area is 257 Å². The number of hydrogen-bond donors (Lipinski definition) is 5. The quantitative estimate of drug-likeness (QED) is 0.0495. The number of nitrogens with zero attached hydrogens (tertiary/aromatic N) is 4. The number of halogens is 1. The first-order valence-electron chi connectivity index (χ1n) is 14.9. The number of fused-ring (bicyclic) bond motifs is 1. The summed E-state index contributed by atoms with van der Waals surface area (Å²) in [6.45, 7) is 2.21. The first-order valence-corrected chi connectivity index (χ1v) is 17.1. The second-order valence-corrected chi connectivity index (χ2v) is 12.7. The van der Waals surface area contributed by atoms with E-state index >= 15 is 0 Å². The highest BCUT2D eigenvalue weighted by Gasteiger charge is 2.38. The van der Waals surface area contributed by atoms with E-state index in [1.165, 1.54) is 36.6 Å². The highest BCUT2D eigenvalue weighted by molar-refractivity contribution is 7.51. The summed E-state index contributed by atoms with van der Waals surface area (Å²) in [6.07, 6.45) is 19.0. The molecule has 1 amide bonds. The van der Waals surface area contributed by atoms with Crippen molar-refractivity contribution in [2.45, 2.75) is 103 Å². The highest BCUT2D eigenvalue weighted by atomic mass is 35.5. The van der Waals surface area contributed by atoms with E-state index in [1.54, 1.807) is 0 Å². The van der Waals surface area contributed by atoms with Gasteiger partial charge in [0, 0.05) is 12.8 Å². The van der Waals surface area contributed by atoms with Gasteiger partial charge >= 0.3 is 7.60 Å². The number of allylic oxidation sites excluding steroid dienone is 5. The van der Waals surface area contributed by atoms with Gasteiger partial charge in [0.25, 0.3) is 0 Å². The van der Waals surface area contributed by atoms with Crippen molar-refractivity contribution in [3.05, 3.63) is 47.4 Å². The molecule has 0 radical (unpaired) electrons. The summed E-state index contributed by atoms with van der Waals surface area (Å²) in [6, 6.07) is 0. The molecule has 5 N–H and O–H groups in total. The number of aliphatic hydroxyl groups is 2. The van der Waals surface area contributed by atoms with Crippen LogP contribution in [-0.2, 0) is 14.1 Å². The van der Waals surface area contributed by atoms with Gasteiger partial charge < -0.3 is 30.1 Å². The third-order valence-electron chi connectivity index (χ3n) is 7.01. The molecule has 0 spiro atoms. The Bertz CT molecular complexity index is 1340. The number of hydrogen-bond acceptors (Lipinski definition) is 8. The summed E-state index contributed by atoms with van der Waals surface area (Å²) in [5.74, 6) is -0.819. The molecule has 0 saturated carbocycles. The lowest BCUT2D eigenvalue weighted by Gasteiger charge is -2.17. The Morgan fingerprint density at radius 2 is 1.74 bits per heavy atom. The minimum absolute atomic E-state index is 0.104. The number of anilines is 1. The van der Waals surface area contributed by atoms with Gasteiger partial charge in [-0.15, -0.1) is 0 Å². The van der Waals surface area contributed by atoms with Crippen molar-refractivity contribution >= 4 is 42.1 Å². The average Bonchev–Trinajstić information content (AvgIpc) is 3.49. The van der Waals surface area contributed by atoms with Crippen LogP contribution in [0.1, 0.15) is 96.6 Å². The molecule has 43 heavy (non-hydrogen) atoms. The molecule has 2 aromatic heterocycles. The summed E-state index contributed by atoms with van der Waals surface area (Å²) in [7, 11) is -4.34. The molecule has 1 unspecified atom stereocenters. The zero-order valence-electron chi connectivity index (χ0n) is 24.6. The van der Waals surface area contributed by atoms with Gasteiger partial charge in [0.05, 0.1) is 6.16 Å². The second-order valence-electron chi connectivity index (χ2n) is 10.6. The molecule has 0 saturated heterocycles. The zero-order valence-corrected chi connectivity index (χ0v) is 26.2. The molecule has 1 aliphatic heterocycles. The minimum atomic E-state index is -4.34. The maximum atomic E-state index is 12.6. The van der Waals surface area contributed by atoms with E-state index < -0.39 is 31.8 Å². The van der Waals surface area contributed by atoms with Crippen LogP contribution in [0.4, 0.5) is 5.82 Å². The lowest BCUT2D eigenvalue weighted by molar-refractivity contribution is -0.116. The Morgan fingerprint density at radius 1 is 1.07 bits per heavy atom. The number of carbonyl (C=O) groups is 1. The van der Waals surface area contributed by atoms with E-state index in [0.29, 0.717) is 6.42 Å². The maximum Gasteiger partial charge on any atom is 0.326 e. The third-order valence-corrected chi connectivity index (χ3v) is 7.98. The van der Waals surface area contributed by atoms with Crippen molar-refractivity contribution in [3.63, 3.8) is 0 Å². The van der Waals surface area contributed by atoms with Crippen LogP contribution in [0, 0.1) is 0 Å². The van der Waals surface area contributed by atoms with Gasteiger partial charge in [-0.25, -0.2) is 4.98 Å². The van der Waals surface area contributed by atoms with Crippen LogP contribution >= 0.6 is 19.2 Å². The zero-order chi connectivity index (χ0) is 31.2. The van der Waals surface area contributed by atoms with Crippen molar-refractivity contribution in [2.24, 2.45) is 0 Å². The van der Waals surface area contributed by atoms with E-state index in [0.717, 1.165) is 44.9 Å². The lowest BCUT2D eigenvalue weighted by Crippen LogP contribution is -2.22. The van der Waals surface area contributed by atoms with Crippen LogP contribution in [0.25, 0.3) is 11.2 Å². The van der Waals surface area contributed by atoms with Gasteiger partial charge in [0.1, 0.15) is 12.1 Å². The molecule has 0 aromatic carbocycles. The van der Waals surface area contributed by atoms with Crippen molar-refractivity contribution in [2.75, 3.05) is 11.5 Å². The van der Waals surface area contributed by atoms with Crippen LogP contribution in [0.15, 0.2) is 42.1 Å². The standard InChI is InChI=1S/C29H43ClN5O7P/c1-2-3-4-5-6-7-8-9-10-11-12-13-14-15-16-17-22(36)32-26-23-27(34-29(30)33-26)35(20-31-23)28-25(38)24(37)21(42-28)18-19-43(39,40)41/h6-7,9-10,20,25,28,37-38H,2-5,8,11-19H2,1H3,(H2,39,40,41)(H,32,33,34,36)/b7-6-,10-9-/t25?,28-/m1/s1. The Kier molecular flexibility index (Phi) is 14.1. The summed E-state index contributed by atoms with van der Waals surface area (Å²) in [5.41, 5.74) is 0.345. The van der Waals surface area contributed by atoms with Crippen molar-refractivity contribution in [3.8, 4) is 0 Å². The molecule has 2 aromatic rings. The monoisotopic (exact) mass is 639 g/mol. The third kappa shape index (κ3) is 11.4. The number of nitrogens with one attached hydrogen (secondary N) is 1. The summed E-state index contributed by atoms with van der Waals surface area (Å²) in [4.78, 5) is 43.3.